The highest BCUT2D eigenvalue weighted by Gasteiger charge is 2.26. The largest absolute Gasteiger partial charge is 0.481 e. The zero-order valence-electron chi connectivity index (χ0n) is 11.9. The van der Waals surface area contributed by atoms with Crippen molar-refractivity contribution in [1.29, 1.82) is 0 Å². The van der Waals surface area contributed by atoms with Crippen LogP contribution in [0.2, 0.25) is 0 Å². The number of amides is 1. The highest BCUT2D eigenvalue weighted by atomic mass is 32.2. The SMILES string of the molecule is O=C(O)CCC(C(=O)O)N(O)SNC(=O)OCc1ccccc1. The van der Waals surface area contributed by atoms with Crippen LogP contribution in [-0.2, 0) is 20.9 Å². The molecule has 1 unspecified atom stereocenters. The Balaban J connectivity index is 2.37. The van der Waals surface area contributed by atoms with Crippen LogP contribution in [0.5, 0.6) is 0 Å². The van der Waals surface area contributed by atoms with E-state index in [2.05, 4.69) is 4.72 Å². The molecule has 10 heteroatoms. The lowest BCUT2D eigenvalue weighted by atomic mass is 10.2. The van der Waals surface area contributed by atoms with E-state index < -0.39 is 30.5 Å². The standard InChI is InChI=1S/C13H16N2O7S/c16-11(17)7-6-10(12(18)19)15(21)23-14-13(20)22-8-9-4-2-1-3-5-9/h1-5,10,21H,6-8H2,(H,14,20)(H,16,17)(H,18,19). The lowest BCUT2D eigenvalue weighted by Crippen LogP contribution is -2.37. The van der Waals surface area contributed by atoms with Gasteiger partial charge in [0.05, 0.1) is 12.1 Å². The molecule has 0 saturated carbocycles. The summed E-state index contributed by atoms with van der Waals surface area (Å²) >= 11 is 0.298. The Morgan fingerprint density at radius 3 is 2.43 bits per heavy atom. The molecule has 1 aromatic carbocycles. The summed E-state index contributed by atoms with van der Waals surface area (Å²) in [6.07, 6.45) is -1.64. The summed E-state index contributed by atoms with van der Waals surface area (Å²) in [4.78, 5) is 32.8. The van der Waals surface area contributed by atoms with E-state index in [1.54, 1.807) is 24.3 Å². The summed E-state index contributed by atoms with van der Waals surface area (Å²) in [7, 11) is 0. The van der Waals surface area contributed by atoms with Gasteiger partial charge in [0.25, 0.3) is 0 Å². The molecular formula is C13H16N2O7S. The molecule has 0 heterocycles. The van der Waals surface area contributed by atoms with Gasteiger partial charge in [-0.25, -0.2) is 9.52 Å². The molecule has 9 nitrogen and oxygen atoms in total. The minimum absolute atomic E-state index is 0.0139. The number of hydroxylamine groups is 1. The minimum atomic E-state index is -1.48. The van der Waals surface area contributed by atoms with E-state index in [0.717, 1.165) is 5.56 Å². The molecule has 4 N–H and O–H groups in total. The van der Waals surface area contributed by atoms with Crippen molar-refractivity contribution >= 4 is 30.2 Å². The molecule has 0 spiro atoms. The van der Waals surface area contributed by atoms with Gasteiger partial charge in [0, 0.05) is 6.42 Å². The van der Waals surface area contributed by atoms with Crippen LogP contribution < -0.4 is 4.72 Å². The van der Waals surface area contributed by atoms with Crippen LogP contribution in [0.3, 0.4) is 0 Å². The van der Waals surface area contributed by atoms with Crippen LogP contribution in [0.4, 0.5) is 4.79 Å². The second-order valence-electron chi connectivity index (χ2n) is 4.34. The Hall–Kier alpha value is -2.30. The van der Waals surface area contributed by atoms with Crippen LogP contribution in [0, 0.1) is 0 Å². The maximum absolute atomic E-state index is 11.4. The van der Waals surface area contributed by atoms with E-state index in [9.17, 15) is 19.6 Å². The molecule has 0 aliphatic rings. The van der Waals surface area contributed by atoms with Gasteiger partial charge in [0.15, 0.2) is 0 Å². The van der Waals surface area contributed by atoms with Gasteiger partial charge in [-0.3, -0.25) is 9.59 Å². The van der Waals surface area contributed by atoms with Crippen molar-refractivity contribution in [2.45, 2.75) is 25.5 Å². The first kappa shape index (κ1) is 18.7. The van der Waals surface area contributed by atoms with Gasteiger partial charge in [-0.1, -0.05) is 30.3 Å². The number of carbonyl (C=O) groups excluding carboxylic acids is 1. The van der Waals surface area contributed by atoms with E-state index in [4.69, 9.17) is 14.9 Å². The van der Waals surface area contributed by atoms with E-state index in [0.29, 0.717) is 12.1 Å². The number of carbonyl (C=O) groups is 3. The number of carboxylic acid groups (broad SMARTS) is 2. The van der Waals surface area contributed by atoms with Crippen LogP contribution in [0.25, 0.3) is 0 Å². The molecule has 0 fully saturated rings. The highest BCUT2D eigenvalue weighted by molar-refractivity contribution is 7.95. The molecule has 126 valence electrons. The maximum atomic E-state index is 11.4. The molecule has 0 bridgehead atoms. The fourth-order valence-corrected chi connectivity index (χ4v) is 2.04. The molecule has 1 amide bonds. The van der Waals surface area contributed by atoms with Crippen molar-refractivity contribution in [3.05, 3.63) is 35.9 Å². The van der Waals surface area contributed by atoms with E-state index in [1.165, 1.54) is 0 Å². The van der Waals surface area contributed by atoms with Crippen molar-refractivity contribution in [2.24, 2.45) is 0 Å². The molecule has 1 rings (SSSR count). The first-order valence-corrected chi connectivity index (χ1v) is 7.24. The molecule has 0 aliphatic heterocycles. The lowest BCUT2D eigenvalue weighted by molar-refractivity contribution is -0.151. The van der Waals surface area contributed by atoms with Crippen LogP contribution >= 0.6 is 12.1 Å². The zero-order chi connectivity index (χ0) is 17.2. The molecule has 1 atom stereocenters. The lowest BCUT2D eigenvalue weighted by Gasteiger charge is -2.20. The van der Waals surface area contributed by atoms with Gasteiger partial charge in [0.2, 0.25) is 0 Å². The van der Waals surface area contributed by atoms with Crippen molar-refractivity contribution in [2.75, 3.05) is 0 Å². The van der Waals surface area contributed by atoms with E-state index in [1.807, 2.05) is 6.07 Å². The predicted molar refractivity (Wildman–Crippen MR) is 79.3 cm³/mol. The second-order valence-corrected chi connectivity index (χ2v) is 5.10. The van der Waals surface area contributed by atoms with Gasteiger partial charge >= 0.3 is 18.0 Å². The molecule has 0 radical (unpaired) electrons. The molecule has 0 saturated heterocycles. The Bertz CT molecular complexity index is 540. The fraction of sp³-hybridized carbons (Fsp3) is 0.308. The van der Waals surface area contributed by atoms with Gasteiger partial charge in [-0.2, -0.15) is 0 Å². The third kappa shape index (κ3) is 7.49. The number of carboxylic acids is 2. The Labute approximate surface area is 136 Å². The number of benzene rings is 1. The number of ether oxygens (including phenoxy) is 1. The van der Waals surface area contributed by atoms with Crippen molar-refractivity contribution in [1.82, 2.24) is 9.19 Å². The average Bonchev–Trinajstić information content (AvgIpc) is 2.51. The second kappa shape index (κ2) is 9.66. The summed E-state index contributed by atoms with van der Waals surface area (Å²) in [5, 5.41) is 27.0. The van der Waals surface area contributed by atoms with E-state index in [-0.39, 0.29) is 17.5 Å². The normalized spacial score (nSPS) is 11.7. The first-order chi connectivity index (χ1) is 10.9. The smallest absolute Gasteiger partial charge is 0.418 e. The van der Waals surface area contributed by atoms with Gasteiger partial charge in [-0.05, 0) is 12.0 Å². The summed E-state index contributed by atoms with van der Waals surface area (Å²) < 4.78 is 7.22. The molecule has 0 aliphatic carbocycles. The van der Waals surface area contributed by atoms with Gasteiger partial charge in [-0.15, -0.1) is 4.47 Å². The van der Waals surface area contributed by atoms with Crippen molar-refractivity contribution < 1.29 is 34.5 Å². The number of hydrogen-bond acceptors (Lipinski definition) is 7. The Kier molecular flexibility index (Phi) is 7.88. The Morgan fingerprint density at radius 1 is 1.22 bits per heavy atom. The van der Waals surface area contributed by atoms with Crippen LogP contribution in [0.15, 0.2) is 30.3 Å². The summed E-state index contributed by atoms with van der Waals surface area (Å²) in [6.45, 7) is 0.0139. The van der Waals surface area contributed by atoms with Crippen molar-refractivity contribution in [3.8, 4) is 0 Å². The number of nitrogens with one attached hydrogen (secondary N) is 1. The zero-order valence-corrected chi connectivity index (χ0v) is 12.7. The third-order valence-corrected chi connectivity index (χ3v) is 3.32. The topological polar surface area (TPSA) is 136 Å². The van der Waals surface area contributed by atoms with Crippen LogP contribution in [0.1, 0.15) is 18.4 Å². The van der Waals surface area contributed by atoms with Crippen LogP contribution in [-0.4, -0.2) is 44.0 Å². The number of rotatable bonds is 9. The third-order valence-electron chi connectivity index (χ3n) is 2.62. The monoisotopic (exact) mass is 344 g/mol. The van der Waals surface area contributed by atoms with Gasteiger partial charge < -0.3 is 20.2 Å². The first-order valence-electron chi connectivity index (χ1n) is 6.46. The molecule has 1 aromatic rings. The molecular weight excluding hydrogens is 328 g/mol. The fourth-order valence-electron chi connectivity index (χ4n) is 1.49. The number of nitrogens with zero attached hydrogens (tertiary/aromatic N) is 1. The molecule has 0 aromatic heterocycles. The van der Waals surface area contributed by atoms with Crippen molar-refractivity contribution in [3.63, 3.8) is 0 Å². The molecule has 23 heavy (non-hydrogen) atoms. The maximum Gasteiger partial charge on any atom is 0.418 e. The number of aliphatic carboxylic acids is 2. The highest BCUT2D eigenvalue weighted by Crippen LogP contribution is 2.13. The summed E-state index contributed by atoms with van der Waals surface area (Å²) in [6, 6.07) is 7.40. The Morgan fingerprint density at radius 2 is 1.87 bits per heavy atom. The summed E-state index contributed by atoms with van der Waals surface area (Å²) in [5.41, 5.74) is 0.762. The van der Waals surface area contributed by atoms with E-state index >= 15 is 0 Å². The minimum Gasteiger partial charge on any atom is -0.481 e. The average molecular weight is 344 g/mol. The van der Waals surface area contributed by atoms with Gasteiger partial charge in [0.1, 0.15) is 12.6 Å². The number of hydrogen-bond donors (Lipinski definition) is 4. The quantitative estimate of drug-likeness (QED) is 0.388. The summed E-state index contributed by atoms with van der Waals surface area (Å²) in [5.74, 6) is -2.61. The predicted octanol–water partition coefficient (Wildman–Crippen LogP) is 1.49.